The summed E-state index contributed by atoms with van der Waals surface area (Å²) in [5, 5.41) is 5.29. The molecule has 0 heterocycles. The lowest BCUT2D eigenvalue weighted by atomic mass is 9.99. The van der Waals surface area contributed by atoms with E-state index in [2.05, 4.69) is 24.5 Å². The van der Waals surface area contributed by atoms with Crippen LogP contribution in [0.5, 0.6) is 0 Å². The average molecular weight is 418 g/mol. The molecule has 0 fully saturated rings. The van der Waals surface area contributed by atoms with E-state index < -0.39 is 15.9 Å². The van der Waals surface area contributed by atoms with Crippen LogP contribution < -0.4 is 10.6 Å². The maximum atomic E-state index is 12.7. The third-order valence-corrected chi connectivity index (χ3v) is 6.44. The van der Waals surface area contributed by atoms with E-state index in [9.17, 15) is 18.0 Å². The number of hydrogen-bond donors (Lipinski definition) is 2. The monoisotopic (exact) mass is 417 g/mol. The minimum absolute atomic E-state index is 0.0415. The van der Waals surface area contributed by atoms with Crippen molar-refractivity contribution >= 4 is 33.2 Å². The lowest BCUT2D eigenvalue weighted by Crippen LogP contribution is -2.34. The van der Waals surface area contributed by atoms with Crippen LogP contribution in [0.2, 0.25) is 0 Å². The molecular formula is C21H27N3O4S. The Balaban J connectivity index is 2.01. The number of carbonyl (C=O) groups excluding carboxylic acids is 2. The third kappa shape index (κ3) is 6.13. The van der Waals surface area contributed by atoms with E-state index in [0.29, 0.717) is 17.3 Å². The summed E-state index contributed by atoms with van der Waals surface area (Å²) in [4.78, 5) is 23.4. The Morgan fingerprint density at radius 3 is 2.00 bits per heavy atom. The summed E-state index contributed by atoms with van der Waals surface area (Å²) in [5.74, 6) is -0.234. The van der Waals surface area contributed by atoms with Gasteiger partial charge in [-0.1, -0.05) is 26.0 Å². The zero-order chi connectivity index (χ0) is 21.6. The van der Waals surface area contributed by atoms with E-state index in [1.54, 1.807) is 0 Å². The second kappa shape index (κ2) is 9.67. The first-order valence-electron chi connectivity index (χ1n) is 9.37. The first kappa shape index (κ1) is 22.6. The van der Waals surface area contributed by atoms with Crippen LogP contribution in [-0.4, -0.2) is 38.1 Å². The molecule has 0 aromatic heterocycles. The molecule has 1 atom stereocenters. The van der Waals surface area contributed by atoms with Gasteiger partial charge in [0.05, 0.1) is 11.4 Å². The van der Waals surface area contributed by atoms with Gasteiger partial charge in [0.15, 0.2) is 0 Å². The fourth-order valence-electron chi connectivity index (χ4n) is 2.71. The first-order chi connectivity index (χ1) is 13.6. The minimum Gasteiger partial charge on any atom is -0.326 e. The lowest BCUT2D eigenvalue weighted by Gasteiger charge is -2.17. The average Bonchev–Trinajstić information content (AvgIpc) is 2.67. The maximum absolute atomic E-state index is 12.7. The molecule has 29 heavy (non-hydrogen) atoms. The van der Waals surface area contributed by atoms with E-state index in [0.717, 1.165) is 10.7 Å². The largest absolute Gasteiger partial charge is 0.326 e. The molecule has 0 spiro atoms. The maximum Gasteiger partial charge on any atom is 0.243 e. The normalized spacial score (nSPS) is 12.4. The highest BCUT2D eigenvalue weighted by molar-refractivity contribution is 7.89. The van der Waals surface area contributed by atoms with Crippen LogP contribution in [0.25, 0.3) is 0 Å². The number of benzene rings is 2. The molecule has 2 N–H and O–H groups in total. The number of likely N-dealkylation sites (N-methyl/N-ethyl adjacent to an activating group) is 1. The summed E-state index contributed by atoms with van der Waals surface area (Å²) in [6, 6.07) is 13.3. The third-order valence-electron chi connectivity index (χ3n) is 4.62. The standard InChI is InChI=1S/C21H27N3O4S/c1-5-15(2)17-6-8-19(9-7-17)23-21(26)14-24(4)29(27,28)20-12-10-18(11-13-20)22-16(3)25/h6-13,15H,5,14H2,1-4H3,(H,22,25)(H,23,26)/t15-/m1/s1. The predicted molar refractivity (Wildman–Crippen MR) is 114 cm³/mol. The number of carbonyl (C=O) groups is 2. The number of sulfonamides is 1. The van der Waals surface area contributed by atoms with Crippen molar-refractivity contribution in [3.05, 3.63) is 54.1 Å². The highest BCUT2D eigenvalue weighted by Gasteiger charge is 2.23. The molecule has 2 amide bonds. The smallest absolute Gasteiger partial charge is 0.243 e. The van der Waals surface area contributed by atoms with Gasteiger partial charge in [0.1, 0.15) is 0 Å². The van der Waals surface area contributed by atoms with Gasteiger partial charge in [-0.05, 0) is 54.3 Å². The molecule has 0 saturated carbocycles. The van der Waals surface area contributed by atoms with Crippen LogP contribution in [-0.2, 0) is 19.6 Å². The number of hydrogen-bond acceptors (Lipinski definition) is 4. The number of amides is 2. The Kier molecular flexibility index (Phi) is 7.53. The lowest BCUT2D eigenvalue weighted by molar-refractivity contribution is -0.116. The first-order valence-corrected chi connectivity index (χ1v) is 10.8. The van der Waals surface area contributed by atoms with Crippen molar-refractivity contribution in [2.45, 2.75) is 38.0 Å². The summed E-state index contributed by atoms with van der Waals surface area (Å²) < 4.78 is 26.3. The van der Waals surface area contributed by atoms with Crippen molar-refractivity contribution in [2.24, 2.45) is 0 Å². The molecule has 2 aromatic rings. The molecule has 7 nitrogen and oxygen atoms in total. The van der Waals surface area contributed by atoms with Gasteiger partial charge in [-0.25, -0.2) is 8.42 Å². The van der Waals surface area contributed by atoms with Crippen molar-refractivity contribution in [3.63, 3.8) is 0 Å². The van der Waals surface area contributed by atoms with Crippen molar-refractivity contribution in [1.29, 1.82) is 0 Å². The summed E-state index contributed by atoms with van der Waals surface area (Å²) in [6.45, 7) is 5.30. The molecule has 0 saturated heterocycles. The fourth-order valence-corrected chi connectivity index (χ4v) is 3.84. The van der Waals surface area contributed by atoms with Crippen LogP contribution in [0.15, 0.2) is 53.4 Å². The molecule has 0 unspecified atom stereocenters. The molecule has 0 bridgehead atoms. The highest BCUT2D eigenvalue weighted by Crippen LogP contribution is 2.21. The van der Waals surface area contributed by atoms with E-state index in [4.69, 9.17) is 0 Å². The van der Waals surface area contributed by atoms with Gasteiger partial charge in [0.25, 0.3) is 0 Å². The van der Waals surface area contributed by atoms with Crippen LogP contribution in [0.4, 0.5) is 11.4 Å². The van der Waals surface area contributed by atoms with Gasteiger partial charge in [-0.2, -0.15) is 4.31 Å². The zero-order valence-corrected chi connectivity index (χ0v) is 17.9. The molecule has 156 valence electrons. The molecule has 0 aliphatic heterocycles. The van der Waals surface area contributed by atoms with Crippen LogP contribution in [0.3, 0.4) is 0 Å². The Labute approximate surface area is 172 Å². The van der Waals surface area contributed by atoms with E-state index in [1.807, 2.05) is 24.3 Å². The van der Waals surface area contributed by atoms with Crippen molar-refractivity contribution < 1.29 is 18.0 Å². The minimum atomic E-state index is -3.83. The summed E-state index contributed by atoms with van der Waals surface area (Å²) >= 11 is 0. The Hall–Kier alpha value is -2.71. The van der Waals surface area contributed by atoms with Crippen molar-refractivity contribution in [1.82, 2.24) is 4.31 Å². The summed E-state index contributed by atoms with van der Waals surface area (Å²) in [6.07, 6.45) is 1.03. The SMILES string of the molecule is CC[C@@H](C)c1ccc(NC(=O)CN(C)S(=O)(=O)c2ccc(NC(C)=O)cc2)cc1. The van der Waals surface area contributed by atoms with E-state index in [1.165, 1.54) is 43.8 Å². The molecule has 8 heteroatoms. The highest BCUT2D eigenvalue weighted by atomic mass is 32.2. The van der Waals surface area contributed by atoms with Crippen molar-refractivity contribution in [2.75, 3.05) is 24.2 Å². The van der Waals surface area contributed by atoms with Crippen LogP contribution >= 0.6 is 0 Å². The second-order valence-corrected chi connectivity index (χ2v) is 8.99. The van der Waals surface area contributed by atoms with Gasteiger partial charge in [-0.15, -0.1) is 0 Å². The van der Waals surface area contributed by atoms with E-state index >= 15 is 0 Å². The number of nitrogens with one attached hydrogen (secondary N) is 2. The summed E-state index contributed by atoms with van der Waals surface area (Å²) in [5.41, 5.74) is 2.30. The van der Waals surface area contributed by atoms with Gasteiger partial charge in [-0.3, -0.25) is 9.59 Å². The van der Waals surface area contributed by atoms with Crippen LogP contribution in [0, 0.1) is 0 Å². The number of nitrogens with zero attached hydrogens (tertiary/aromatic N) is 1. The van der Waals surface area contributed by atoms with Gasteiger partial charge < -0.3 is 10.6 Å². The number of anilines is 2. The van der Waals surface area contributed by atoms with Gasteiger partial charge in [0, 0.05) is 25.3 Å². The topological polar surface area (TPSA) is 95.6 Å². The zero-order valence-electron chi connectivity index (χ0n) is 17.1. The molecular weight excluding hydrogens is 390 g/mol. The van der Waals surface area contributed by atoms with Crippen molar-refractivity contribution in [3.8, 4) is 0 Å². The Bertz CT molecular complexity index is 954. The Morgan fingerprint density at radius 1 is 0.966 bits per heavy atom. The van der Waals surface area contributed by atoms with Crippen LogP contribution in [0.1, 0.15) is 38.7 Å². The van der Waals surface area contributed by atoms with Gasteiger partial charge >= 0.3 is 0 Å². The number of rotatable bonds is 8. The molecule has 2 aromatic carbocycles. The second-order valence-electron chi connectivity index (χ2n) is 6.95. The van der Waals surface area contributed by atoms with Gasteiger partial charge in [0.2, 0.25) is 21.8 Å². The fraction of sp³-hybridized carbons (Fsp3) is 0.333. The molecule has 0 radical (unpaired) electrons. The predicted octanol–water partition coefficient (Wildman–Crippen LogP) is 3.42. The molecule has 2 rings (SSSR count). The summed E-state index contributed by atoms with van der Waals surface area (Å²) in [7, 11) is -2.48. The molecule has 0 aliphatic carbocycles. The van der Waals surface area contributed by atoms with E-state index in [-0.39, 0.29) is 17.3 Å². The quantitative estimate of drug-likeness (QED) is 0.688. The Morgan fingerprint density at radius 2 is 1.48 bits per heavy atom. The molecule has 0 aliphatic rings.